The molecule has 0 aliphatic carbocycles. The number of aliphatic hydroxyl groups excluding tert-OH is 1. The summed E-state index contributed by atoms with van der Waals surface area (Å²) in [4.78, 5) is 2.47. The van der Waals surface area contributed by atoms with Crippen LogP contribution in [0.25, 0.3) is 0 Å². The Labute approximate surface area is 120 Å². The van der Waals surface area contributed by atoms with Crippen molar-refractivity contribution in [1.82, 2.24) is 14.7 Å². The topological polar surface area (TPSA) is 50.5 Å². The molecule has 0 amide bonds. The summed E-state index contributed by atoms with van der Waals surface area (Å²) >= 11 is 0. The standard InChI is InChI=1S/C15H25N3O2/c1-3-11-7-13(17(2)16-11)8-14(19)15-9-18-6-4-5-12(18)10-20-15/h7,12,14-15,19H,3-6,8-10H2,1-2H3. The third-order valence-electron chi connectivity index (χ3n) is 4.65. The van der Waals surface area contributed by atoms with E-state index in [-0.39, 0.29) is 6.10 Å². The summed E-state index contributed by atoms with van der Waals surface area (Å²) in [5, 5.41) is 14.9. The molecular formula is C15H25N3O2. The van der Waals surface area contributed by atoms with Gasteiger partial charge in [0.25, 0.3) is 0 Å². The third-order valence-corrected chi connectivity index (χ3v) is 4.65. The van der Waals surface area contributed by atoms with Crippen LogP contribution in [0, 0.1) is 0 Å². The van der Waals surface area contributed by atoms with E-state index in [0.29, 0.717) is 12.5 Å². The van der Waals surface area contributed by atoms with Gasteiger partial charge < -0.3 is 9.84 Å². The Morgan fingerprint density at radius 3 is 3.15 bits per heavy atom. The minimum Gasteiger partial charge on any atom is -0.390 e. The van der Waals surface area contributed by atoms with Gasteiger partial charge >= 0.3 is 0 Å². The second-order valence-electron chi connectivity index (χ2n) is 6.04. The van der Waals surface area contributed by atoms with Gasteiger partial charge in [0.05, 0.1) is 24.5 Å². The lowest BCUT2D eigenvalue weighted by Crippen LogP contribution is -2.50. The van der Waals surface area contributed by atoms with E-state index in [1.54, 1.807) is 0 Å². The minimum atomic E-state index is -0.448. The molecule has 1 aromatic rings. The number of rotatable bonds is 4. The Kier molecular flexibility index (Phi) is 4.10. The van der Waals surface area contributed by atoms with E-state index in [4.69, 9.17) is 4.74 Å². The third kappa shape index (κ3) is 2.75. The highest BCUT2D eigenvalue weighted by Crippen LogP contribution is 2.24. The highest BCUT2D eigenvalue weighted by Gasteiger charge is 2.35. The fourth-order valence-corrected chi connectivity index (χ4v) is 3.36. The van der Waals surface area contributed by atoms with E-state index in [1.807, 2.05) is 11.7 Å². The molecule has 3 heterocycles. The van der Waals surface area contributed by atoms with Gasteiger partial charge in [-0.25, -0.2) is 0 Å². The zero-order valence-electron chi connectivity index (χ0n) is 12.5. The number of ether oxygens (including phenoxy) is 1. The van der Waals surface area contributed by atoms with E-state index in [1.165, 1.54) is 12.8 Å². The first-order valence-corrected chi connectivity index (χ1v) is 7.73. The monoisotopic (exact) mass is 279 g/mol. The number of hydrogen-bond donors (Lipinski definition) is 1. The molecule has 3 atom stereocenters. The zero-order chi connectivity index (χ0) is 14.1. The van der Waals surface area contributed by atoms with E-state index < -0.39 is 6.10 Å². The van der Waals surface area contributed by atoms with Crippen LogP contribution < -0.4 is 0 Å². The van der Waals surface area contributed by atoms with Gasteiger partial charge in [0.2, 0.25) is 0 Å². The molecule has 2 fully saturated rings. The number of fused-ring (bicyclic) bond motifs is 1. The molecule has 3 rings (SSSR count). The fraction of sp³-hybridized carbons (Fsp3) is 0.800. The molecule has 0 radical (unpaired) electrons. The highest BCUT2D eigenvalue weighted by atomic mass is 16.5. The summed E-state index contributed by atoms with van der Waals surface area (Å²) in [6, 6.07) is 2.67. The number of hydrogen-bond acceptors (Lipinski definition) is 4. The van der Waals surface area contributed by atoms with Crippen molar-refractivity contribution in [3.05, 3.63) is 17.5 Å². The normalized spacial score (nSPS) is 28.6. The van der Waals surface area contributed by atoms with Gasteiger partial charge in [0.15, 0.2) is 0 Å². The number of aromatic nitrogens is 2. The molecule has 0 saturated carbocycles. The van der Waals surface area contributed by atoms with Crippen molar-refractivity contribution in [2.75, 3.05) is 19.7 Å². The van der Waals surface area contributed by atoms with Gasteiger partial charge in [0, 0.05) is 31.7 Å². The van der Waals surface area contributed by atoms with Crippen molar-refractivity contribution >= 4 is 0 Å². The summed E-state index contributed by atoms with van der Waals surface area (Å²) in [7, 11) is 1.94. The summed E-state index contributed by atoms with van der Waals surface area (Å²) in [5.41, 5.74) is 2.17. The lowest BCUT2D eigenvalue weighted by atomic mass is 10.0. The van der Waals surface area contributed by atoms with Gasteiger partial charge in [-0.3, -0.25) is 9.58 Å². The maximum atomic E-state index is 10.5. The van der Waals surface area contributed by atoms with Crippen LogP contribution in [-0.2, 0) is 24.6 Å². The van der Waals surface area contributed by atoms with E-state index >= 15 is 0 Å². The molecule has 5 nitrogen and oxygen atoms in total. The van der Waals surface area contributed by atoms with Crippen molar-refractivity contribution in [1.29, 1.82) is 0 Å². The SMILES string of the molecule is CCc1cc(CC(O)C2CN3CCCC3CO2)n(C)n1. The maximum absolute atomic E-state index is 10.5. The molecular weight excluding hydrogens is 254 g/mol. The minimum absolute atomic E-state index is 0.0654. The number of aliphatic hydroxyl groups is 1. The van der Waals surface area contributed by atoms with E-state index in [2.05, 4.69) is 23.0 Å². The molecule has 20 heavy (non-hydrogen) atoms. The predicted octanol–water partition coefficient (Wildman–Crippen LogP) is 0.749. The largest absolute Gasteiger partial charge is 0.390 e. The molecule has 0 aromatic carbocycles. The number of nitrogens with zero attached hydrogens (tertiary/aromatic N) is 3. The molecule has 112 valence electrons. The maximum Gasteiger partial charge on any atom is 0.0965 e. The summed E-state index contributed by atoms with van der Waals surface area (Å²) in [6.07, 6.45) is 3.54. The van der Waals surface area contributed by atoms with Crippen LogP contribution in [0.2, 0.25) is 0 Å². The molecule has 2 aliphatic heterocycles. The first-order chi connectivity index (χ1) is 9.67. The lowest BCUT2D eigenvalue weighted by molar-refractivity contribution is -0.102. The Morgan fingerprint density at radius 2 is 2.40 bits per heavy atom. The summed E-state index contributed by atoms with van der Waals surface area (Å²) in [6.45, 7) is 4.89. The second kappa shape index (κ2) is 5.84. The number of morpholine rings is 1. The summed E-state index contributed by atoms with van der Waals surface area (Å²) < 4.78 is 7.76. The van der Waals surface area contributed by atoms with Crippen LogP contribution in [0.5, 0.6) is 0 Å². The Bertz CT molecular complexity index is 460. The van der Waals surface area contributed by atoms with Crippen molar-refractivity contribution in [2.45, 2.75) is 50.9 Å². The van der Waals surface area contributed by atoms with Crippen LogP contribution in [-0.4, -0.2) is 57.7 Å². The van der Waals surface area contributed by atoms with Crippen LogP contribution >= 0.6 is 0 Å². The fourth-order valence-electron chi connectivity index (χ4n) is 3.36. The first-order valence-electron chi connectivity index (χ1n) is 7.73. The van der Waals surface area contributed by atoms with Crippen molar-refractivity contribution in [3.63, 3.8) is 0 Å². The van der Waals surface area contributed by atoms with Crippen LogP contribution in [0.4, 0.5) is 0 Å². The van der Waals surface area contributed by atoms with Crippen LogP contribution in [0.3, 0.4) is 0 Å². The Morgan fingerprint density at radius 1 is 1.55 bits per heavy atom. The molecule has 0 spiro atoms. The van der Waals surface area contributed by atoms with Crippen molar-refractivity contribution < 1.29 is 9.84 Å². The van der Waals surface area contributed by atoms with Gasteiger partial charge in [-0.05, 0) is 31.9 Å². The number of aryl methyl sites for hydroxylation is 2. The molecule has 2 aliphatic rings. The van der Waals surface area contributed by atoms with Crippen molar-refractivity contribution in [3.8, 4) is 0 Å². The van der Waals surface area contributed by atoms with Crippen molar-refractivity contribution in [2.24, 2.45) is 7.05 Å². The smallest absolute Gasteiger partial charge is 0.0965 e. The second-order valence-corrected chi connectivity index (χ2v) is 6.04. The van der Waals surface area contributed by atoms with Gasteiger partial charge in [-0.2, -0.15) is 5.10 Å². The molecule has 2 saturated heterocycles. The van der Waals surface area contributed by atoms with E-state index in [0.717, 1.165) is 37.5 Å². The van der Waals surface area contributed by atoms with Gasteiger partial charge in [-0.15, -0.1) is 0 Å². The zero-order valence-corrected chi connectivity index (χ0v) is 12.5. The summed E-state index contributed by atoms with van der Waals surface area (Å²) in [5.74, 6) is 0. The first kappa shape index (κ1) is 14.0. The average Bonchev–Trinajstić information content (AvgIpc) is 3.04. The van der Waals surface area contributed by atoms with Gasteiger partial charge in [0.1, 0.15) is 0 Å². The van der Waals surface area contributed by atoms with Gasteiger partial charge in [-0.1, -0.05) is 6.92 Å². The molecule has 0 bridgehead atoms. The van der Waals surface area contributed by atoms with Crippen LogP contribution in [0.1, 0.15) is 31.2 Å². The lowest BCUT2D eigenvalue weighted by Gasteiger charge is -2.37. The van der Waals surface area contributed by atoms with Crippen LogP contribution in [0.15, 0.2) is 6.07 Å². The molecule has 5 heteroatoms. The van der Waals surface area contributed by atoms with E-state index in [9.17, 15) is 5.11 Å². The molecule has 1 N–H and O–H groups in total. The Balaban J connectivity index is 1.61. The molecule has 1 aromatic heterocycles. The highest BCUT2D eigenvalue weighted by molar-refractivity contribution is 5.11. The average molecular weight is 279 g/mol. The Hall–Kier alpha value is -0.910. The quantitative estimate of drug-likeness (QED) is 0.883. The predicted molar refractivity (Wildman–Crippen MR) is 76.6 cm³/mol. The molecule has 3 unspecified atom stereocenters.